The third kappa shape index (κ3) is 6.45. The van der Waals surface area contributed by atoms with Gasteiger partial charge in [0, 0.05) is 29.7 Å². The molecular weight excluding hydrogens is 588 g/mol. The molecule has 1 aromatic carbocycles. The topological polar surface area (TPSA) is 154 Å². The number of nitrogens with two attached hydrogens (primary N) is 1. The van der Waals surface area contributed by atoms with Gasteiger partial charge in [-0.15, -0.1) is 26.6 Å². The quantitative estimate of drug-likeness (QED) is 0.199. The zero-order valence-electron chi connectivity index (χ0n) is 25.6. The van der Waals surface area contributed by atoms with Crippen molar-refractivity contribution in [2.75, 3.05) is 13.1 Å². The summed E-state index contributed by atoms with van der Waals surface area (Å²) in [7, 11) is 0. The second-order valence-electron chi connectivity index (χ2n) is 11.8. The first-order valence-electron chi connectivity index (χ1n) is 15.0. The van der Waals surface area contributed by atoms with Crippen LogP contribution >= 0.6 is 11.3 Å². The Morgan fingerprint density at radius 1 is 1.27 bits per heavy atom. The van der Waals surface area contributed by atoms with E-state index in [1.807, 2.05) is 36.3 Å². The number of thiazole rings is 1. The van der Waals surface area contributed by atoms with Crippen LogP contribution in [0.15, 0.2) is 63.6 Å². The molecule has 0 saturated carbocycles. The molecule has 0 radical (unpaired) electrons. The number of amides is 1. The highest BCUT2D eigenvalue weighted by Gasteiger charge is 2.34. The molecule has 1 fully saturated rings. The lowest BCUT2D eigenvalue weighted by atomic mass is 9.86. The molecule has 13 heteroatoms. The summed E-state index contributed by atoms with van der Waals surface area (Å²) in [5.74, 6) is 0.991. The standard InChI is InChI=1S/C32H36N10O2S/c1-20(11-12-34-4)24-9-6-5-8-22(24)18-32(3,33)31-39-38-28(44-31)25-16-23(17-27(37-25)42-15-13-35-40-42)30(43)41-14-7-10-26(41)29-36-21(2)19-45-29/h5-6,8-9,13,15-17,19-20,26H,4,7,10-12,14,18,33H2,1-3H3. The van der Waals surface area contributed by atoms with Crippen molar-refractivity contribution in [3.8, 4) is 17.4 Å². The monoisotopic (exact) mass is 624 g/mol. The number of hydrogen-bond donors (Lipinski definition) is 1. The van der Waals surface area contributed by atoms with Crippen molar-refractivity contribution < 1.29 is 9.21 Å². The molecule has 0 bridgehead atoms. The van der Waals surface area contributed by atoms with E-state index in [0.717, 1.165) is 35.5 Å². The van der Waals surface area contributed by atoms with Gasteiger partial charge in [-0.2, -0.15) is 0 Å². The van der Waals surface area contributed by atoms with Gasteiger partial charge in [0.15, 0.2) is 5.82 Å². The molecule has 3 atom stereocenters. The van der Waals surface area contributed by atoms with E-state index in [1.165, 1.54) is 10.2 Å². The molecule has 6 rings (SSSR count). The number of nitrogens with zero attached hydrogens (tertiary/aromatic N) is 9. The molecule has 12 nitrogen and oxygen atoms in total. The summed E-state index contributed by atoms with van der Waals surface area (Å²) in [4.78, 5) is 29.3. The van der Waals surface area contributed by atoms with Gasteiger partial charge < -0.3 is 20.0 Å². The summed E-state index contributed by atoms with van der Waals surface area (Å²) in [6.45, 7) is 11.0. The predicted molar refractivity (Wildman–Crippen MR) is 171 cm³/mol. The summed E-state index contributed by atoms with van der Waals surface area (Å²) in [6, 6.07) is 11.5. The number of carbonyl (C=O) groups excluding carboxylic acids is 1. The second kappa shape index (κ2) is 12.8. The third-order valence-electron chi connectivity index (χ3n) is 8.15. The minimum atomic E-state index is -0.964. The Morgan fingerprint density at radius 2 is 2.11 bits per heavy atom. The molecule has 1 saturated heterocycles. The molecular formula is C32H36N10O2S. The van der Waals surface area contributed by atoms with Gasteiger partial charge in [0.2, 0.25) is 5.89 Å². The Kier molecular flexibility index (Phi) is 8.63. The second-order valence-corrected chi connectivity index (χ2v) is 12.7. The summed E-state index contributed by atoms with van der Waals surface area (Å²) in [5, 5.41) is 19.6. The smallest absolute Gasteiger partial charge is 0.266 e. The summed E-state index contributed by atoms with van der Waals surface area (Å²) >= 11 is 1.58. The molecule has 0 aliphatic carbocycles. The molecule has 5 aromatic rings. The van der Waals surface area contributed by atoms with Gasteiger partial charge in [0.1, 0.15) is 10.7 Å². The summed E-state index contributed by atoms with van der Waals surface area (Å²) in [5.41, 5.74) is 9.91. The number of likely N-dealkylation sites (tertiary alicyclic amines) is 1. The van der Waals surface area contributed by atoms with Crippen LogP contribution in [-0.2, 0) is 12.0 Å². The Balaban J connectivity index is 1.31. The van der Waals surface area contributed by atoms with Crippen molar-refractivity contribution in [1.29, 1.82) is 0 Å². The molecule has 45 heavy (non-hydrogen) atoms. The molecule has 1 aliphatic rings. The highest BCUT2D eigenvalue weighted by atomic mass is 32.1. The van der Waals surface area contributed by atoms with Crippen LogP contribution in [0.3, 0.4) is 0 Å². The third-order valence-corrected chi connectivity index (χ3v) is 9.21. The number of rotatable bonds is 11. The van der Waals surface area contributed by atoms with E-state index in [4.69, 9.17) is 15.1 Å². The van der Waals surface area contributed by atoms with Crippen LogP contribution < -0.4 is 5.73 Å². The Bertz CT molecular complexity index is 1790. The Hall–Kier alpha value is -4.62. The van der Waals surface area contributed by atoms with E-state index in [9.17, 15) is 4.79 Å². The van der Waals surface area contributed by atoms with Crippen LogP contribution in [0.25, 0.3) is 17.4 Å². The van der Waals surface area contributed by atoms with Gasteiger partial charge in [-0.25, -0.2) is 14.6 Å². The summed E-state index contributed by atoms with van der Waals surface area (Å²) < 4.78 is 7.68. The molecule has 4 aromatic heterocycles. The lowest BCUT2D eigenvalue weighted by Crippen LogP contribution is -2.36. The van der Waals surface area contributed by atoms with E-state index in [-0.39, 0.29) is 29.6 Å². The van der Waals surface area contributed by atoms with Crippen LogP contribution in [0.5, 0.6) is 0 Å². The van der Waals surface area contributed by atoms with E-state index in [2.05, 4.69) is 56.3 Å². The van der Waals surface area contributed by atoms with Crippen LogP contribution in [0.4, 0.5) is 0 Å². The highest BCUT2D eigenvalue weighted by Crippen LogP contribution is 2.36. The van der Waals surface area contributed by atoms with E-state index in [1.54, 1.807) is 35.9 Å². The van der Waals surface area contributed by atoms with Crippen molar-refractivity contribution in [3.05, 3.63) is 87.5 Å². The first kappa shape index (κ1) is 30.4. The van der Waals surface area contributed by atoms with Gasteiger partial charge in [0.05, 0.1) is 24.0 Å². The average Bonchev–Trinajstić information content (AvgIpc) is 3.86. The Morgan fingerprint density at radius 3 is 2.87 bits per heavy atom. The molecule has 1 amide bonds. The number of pyridine rings is 1. The van der Waals surface area contributed by atoms with Gasteiger partial charge in [-0.3, -0.25) is 4.79 Å². The Labute approximate surface area is 265 Å². The maximum absolute atomic E-state index is 14.0. The van der Waals surface area contributed by atoms with Crippen LogP contribution in [0.1, 0.15) is 83.1 Å². The summed E-state index contributed by atoms with van der Waals surface area (Å²) in [6.07, 6.45) is 6.35. The number of carbonyl (C=O) groups is 1. The largest absolute Gasteiger partial charge is 0.417 e. The lowest BCUT2D eigenvalue weighted by Gasteiger charge is -2.24. The van der Waals surface area contributed by atoms with Crippen molar-refractivity contribution in [1.82, 2.24) is 40.1 Å². The van der Waals surface area contributed by atoms with Crippen LogP contribution in [0, 0.1) is 6.92 Å². The maximum Gasteiger partial charge on any atom is 0.266 e. The average molecular weight is 625 g/mol. The van der Waals surface area contributed by atoms with Crippen LogP contribution in [-0.4, -0.2) is 65.8 Å². The first-order chi connectivity index (χ1) is 21.7. The number of aliphatic imine (C=N–C) groups is 1. The van der Waals surface area contributed by atoms with Gasteiger partial charge in [-0.1, -0.05) is 36.4 Å². The number of benzene rings is 1. The van der Waals surface area contributed by atoms with Gasteiger partial charge in [0.25, 0.3) is 11.8 Å². The van der Waals surface area contributed by atoms with Crippen molar-refractivity contribution >= 4 is 24.0 Å². The van der Waals surface area contributed by atoms with E-state index in [0.29, 0.717) is 36.6 Å². The van der Waals surface area contributed by atoms with Gasteiger partial charge in [-0.05, 0) is 75.4 Å². The predicted octanol–water partition coefficient (Wildman–Crippen LogP) is 5.07. The zero-order chi connectivity index (χ0) is 31.6. The molecule has 5 heterocycles. The van der Waals surface area contributed by atoms with Crippen molar-refractivity contribution in [3.63, 3.8) is 0 Å². The van der Waals surface area contributed by atoms with Crippen molar-refractivity contribution in [2.24, 2.45) is 10.7 Å². The highest BCUT2D eigenvalue weighted by molar-refractivity contribution is 7.09. The minimum absolute atomic E-state index is 0.0748. The van der Waals surface area contributed by atoms with Gasteiger partial charge >= 0.3 is 0 Å². The van der Waals surface area contributed by atoms with Crippen molar-refractivity contribution in [2.45, 2.75) is 64.0 Å². The molecule has 0 spiro atoms. The molecule has 1 aliphatic heterocycles. The lowest BCUT2D eigenvalue weighted by molar-refractivity contribution is 0.0735. The number of hydrogen-bond acceptors (Lipinski definition) is 11. The number of aromatic nitrogens is 7. The fourth-order valence-electron chi connectivity index (χ4n) is 5.80. The molecule has 2 N–H and O–H groups in total. The fourth-order valence-corrected chi connectivity index (χ4v) is 6.74. The molecule has 232 valence electrons. The van der Waals surface area contributed by atoms with Crippen LogP contribution in [0.2, 0.25) is 0 Å². The number of aryl methyl sites for hydroxylation is 1. The minimum Gasteiger partial charge on any atom is -0.417 e. The normalized spacial score (nSPS) is 16.9. The van der Waals surface area contributed by atoms with E-state index >= 15 is 0 Å². The first-order valence-corrected chi connectivity index (χ1v) is 15.9. The molecule has 3 unspecified atom stereocenters. The zero-order valence-corrected chi connectivity index (χ0v) is 26.4. The van der Waals surface area contributed by atoms with E-state index < -0.39 is 5.54 Å². The fraction of sp³-hybridized carbons (Fsp3) is 0.375. The maximum atomic E-state index is 14.0. The SMILES string of the molecule is C=NCCC(C)c1ccccc1CC(C)(N)c1nnc(-c2cc(C(=O)N3CCCC3c3nc(C)cs3)cc(-n3ccnn3)n2)o1.